The number of allylic oxidation sites excluding steroid dienone is 2. The Labute approximate surface area is 152 Å². The van der Waals surface area contributed by atoms with Crippen molar-refractivity contribution in [2.24, 2.45) is 5.73 Å². The van der Waals surface area contributed by atoms with E-state index >= 15 is 0 Å². The number of nitro benzene ring substituents is 1. The summed E-state index contributed by atoms with van der Waals surface area (Å²) < 4.78 is 0. The highest BCUT2D eigenvalue weighted by Crippen LogP contribution is 2.42. The van der Waals surface area contributed by atoms with Gasteiger partial charge in [-0.25, -0.2) is 15.7 Å². The molecule has 0 radical (unpaired) electrons. The van der Waals surface area contributed by atoms with Gasteiger partial charge in [-0.05, 0) is 28.5 Å². The van der Waals surface area contributed by atoms with Crippen LogP contribution in [0.5, 0.6) is 5.75 Å². The van der Waals surface area contributed by atoms with Gasteiger partial charge in [-0.3, -0.25) is 15.0 Å². The van der Waals surface area contributed by atoms with Crippen molar-refractivity contribution in [1.82, 2.24) is 0 Å². The Morgan fingerprint density at radius 2 is 1.85 bits per heavy atom. The van der Waals surface area contributed by atoms with Crippen LogP contribution in [-0.2, 0) is 5.75 Å². The molecular formula is C18H17N3O4S. The predicted octanol–water partition coefficient (Wildman–Crippen LogP) is 4.06. The number of nitrogens with zero attached hydrogens (tertiary/aromatic N) is 2. The summed E-state index contributed by atoms with van der Waals surface area (Å²) in [6, 6.07) is 10.0. The molecule has 2 aromatic carbocycles. The van der Waals surface area contributed by atoms with Gasteiger partial charge in [0.05, 0.1) is 22.4 Å². The van der Waals surface area contributed by atoms with E-state index in [4.69, 9.17) is 5.73 Å². The highest BCUT2D eigenvalue weighted by atomic mass is 32.2. The molecule has 1 heterocycles. The fourth-order valence-electron chi connectivity index (χ4n) is 2.72. The van der Waals surface area contributed by atoms with E-state index in [1.807, 2.05) is 24.3 Å². The third-order valence-corrected chi connectivity index (χ3v) is 5.70. The number of primary amides is 1. The number of carbonyl (C=O) groups excluding carboxylic acids is 1. The average Bonchev–Trinajstić information content (AvgIpc) is 3.10. The molecule has 0 atom stereocenters. The van der Waals surface area contributed by atoms with Crippen LogP contribution in [0.4, 0.5) is 21.9 Å². The van der Waals surface area contributed by atoms with Gasteiger partial charge in [-0.15, -0.1) is 0 Å². The molecule has 3 N–H and O–H groups in total. The molecule has 3 rings (SSSR count). The Morgan fingerprint density at radius 3 is 2.46 bits per heavy atom. The Bertz CT molecular complexity index is 914. The van der Waals surface area contributed by atoms with Crippen LogP contribution in [0.25, 0.3) is 0 Å². The van der Waals surface area contributed by atoms with Crippen molar-refractivity contribution in [2.45, 2.75) is 5.75 Å². The van der Waals surface area contributed by atoms with Gasteiger partial charge in [0.1, 0.15) is 5.75 Å². The van der Waals surface area contributed by atoms with Crippen LogP contribution >= 0.6 is 10.9 Å². The smallest absolute Gasteiger partial charge is 0.324 e. The fourth-order valence-corrected chi connectivity index (χ4v) is 4.33. The van der Waals surface area contributed by atoms with Gasteiger partial charge in [0, 0.05) is 11.8 Å². The van der Waals surface area contributed by atoms with Gasteiger partial charge in [-0.1, -0.05) is 30.4 Å². The zero-order chi connectivity index (χ0) is 18.7. The van der Waals surface area contributed by atoms with Crippen LogP contribution in [0, 0.1) is 10.1 Å². The summed E-state index contributed by atoms with van der Waals surface area (Å²) in [6.07, 6.45) is 3.98. The maximum absolute atomic E-state index is 12.1. The topological polar surface area (TPSA) is 110 Å². The molecule has 0 fully saturated rings. The summed E-state index contributed by atoms with van der Waals surface area (Å²) in [7, 11) is -0.464. The van der Waals surface area contributed by atoms with Crippen molar-refractivity contribution in [1.29, 1.82) is 0 Å². The molecule has 2 aromatic rings. The average molecular weight is 371 g/mol. The first kappa shape index (κ1) is 17.6. The van der Waals surface area contributed by atoms with Gasteiger partial charge in [0.15, 0.2) is 0 Å². The maximum atomic E-state index is 12.1. The largest absolute Gasteiger partial charge is 0.505 e. The number of nitrogens with two attached hydrogens (primary N) is 1. The minimum absolute atomic E-state index is 0.0980. The maximum Gasteiger partial charge on any atom is 0.324 e. The molecule has 0 bridgehead atoms. The summed E-state index contributed by atoms with van der Waals surface area (Å²) in [5.74, 6) is 0.329. The monoisotopic (exact) mass is 371 g/mol. The number of urea groups is 1. The van der Waals surface area contributed by atoms with E-state index < -0.39 is 21.8 Å². The zero-order valence-electron chi connectivity index (χ0n) is 13.6. The number of amides is 2. The molecule has 7 nitrogen and oxygen atoms in total. The molecular weight excluding hydrogens is 354 g/mol. The number of thiol groups is 1. The van der Waals surface area contributed by atoms with Crippen LogP contribution in [0.3, 0.4) is 0 Å². The number of non-ortho nitro benzene ring substituents is 1. The SMILES string of the molecule is NC(=O)N(c1ccc([N+](=O)[O-])cc1O)c1ccccc1C[SH]1C=CC=C1. The normalized spacial score (nSPS) is 13.8. The number of aromatic hydroxyl groups is 1. The van der Waals surface area contributed by atoms with Crippen LogP contribution < -0.4 is 10.6 Å². The third-order valence-electron chi connectivity index (χ3n) is 3.88. The number of nitro groups is 1. The Morgan fingerprint density at radius 1 is 1.15 bits per heavy atom. The molecule has 1 aliphatic rings. The first-order chi connectivity index (χ1) is 12.5. The van der Waals surface area contributed by atoms with Gasteiger partial charge in [0.2, 0.25) is 0 Å². The summed E-state index contributed by atoms with van der Waals surface area (Å²) in [6.45, 7) is 0. The minimum Gasteiger partial charge on any atom is -0.505 e. The van der Waals surface area contributed by atoms with E-state index in [0.29, 0.717) is 5.69 Å². The van der Waals surface area contributed by atoms with E-state index in [1.54, 1.807) is 12.1 Å². The van der Waals surface area contributed by atoms with Gasteiger partial charge >= 0.3 is 6.03 Å². The zero-order valence-corrected chi connectivity index (χ0v) is 14.5. The second-order valence-corrected chi connectivity index (χ2v) is 7.53. The van der Waals surface area contributed by atoms with Crippen LogP contribution in [0.2, 0.25) is 0 Å². The second-order valence-electron chi connectivity index (χ2n) is 5.59. The molecule has 134 valence electrons. The lowest BCUT2D eigenvalue weighted by atomic mass is 10.1. The quantitative estimate of drug-likeness (QED) is 0.418. The molecule has 8 heteroatoms. The summed E-state index contributed by atoms with van der Waals surface area (Å²) in [4.78, 5) is 23.6. The lowest BCUT2D eigenvalue weighted by molar-refractivity contribution is -0.384. The van der Waals surface area contributed by atoms with Crippen molar-refractivity contribution in [3.8, 4) is 5.75 Å². The molecule has 0 aromatic heterocycles. The standard InChI is InChI=1S/C18H17N3O4S/c19-18(23)20(16-8-7-14(21(24)25)11-17(16)22)15-6-2-1-5-13(15)12-26-9-3-4-10-26/h1-11,22,26H,12H2,(H2,19,23). The number of phenolic OH excluding ortho intramolecular Hbond substituents is 1. The number of rotatable bonds is 5. The number of benzene rings is 2. The van der Waals surface area contributed by atoms with Gasteiger partial charge in [0.25, 0.3) is 5.69 Å². The fraction of sp³-hybridized carbons (Fsp3) is 0.0556. The summed E-state index contributed by atoms with van der Waals surface area (Å²) in [5.41, 5.74) is 6.83. The third kappa shape index (κ3) is 3.55. The van der Waals surface area contributed by atoms with E-state index in [0.717, 1.165) is 17.4 Å². The molecule has 0 unspecified atom stereocenters. The molecule has 2 amide bonds. The van der Waals surface area contributed by atoms with Crippen LogP contribution in [0.1, 0.15) is 5.56 Å². The Kier molecular flexibility index (Phi) is 4.94. The van der Waals surface area contributed by atoms with E-state index in [-0.39, 0.29) is 17.1 Å². The summed E-state index contributed by atoms with van der Waals surface area (Å²) >= 11 is 0. The lowest BCUT2D eigenvalue weighted by Gasteiger charge is -2.25. The van der Waals surface area contributed by atoms with Crippen molar-refractivity contribution >= 4 is 34.0 Å². The molecule has 1 aliphatic heterocycles. The van der Waals surface area contributed by atoms with Crippen LogP contribution in [0.15, 0.2) is 65.4 Å². The van der Waals surface area contributed by atoms with Crippen molar-refractivity contribution in [3.63, 3.8) is 0 Å². The van der Waals surface area contributed by atoms with E-state index in [9.17, 15) is 20.0 Å². The number of para-hydroxylation sites is 1. The number of anilines is 2. The molecule has 0 saturated carbocycles. The van der Waals surface area contributed by atoms with Crippen LogP contribution in [-0.4, -0.2) is 16.1 Å². The van der Waals surface area contributed by atoms with Crippen molar-refractivity contribution < 1.29 is 14.8 Å². The highest BCUT2D eigenvalue weighted by molar-refractivity contribution is 8.21. The lowest BCUT2D eigenvalue weighted by Crippen LogP contribution is -2.32. The van der Waals surface area contributed by atoms with Crippen molar-refractivity contribution in [2.75, 3.05) is 4.90 Å². The van der Waals surface area contributed by atoms with Crippen molar-refractivity contribution in [3.05, 3.63) is 81.1 Å². The molecule has 26 heavy (non-hydrogen) atoms. The number of hydrogen-bond donors (Lipinski definition) is 3. The Hall–Kier alpha value is -3.26. The number of hydrogen-bond acceptors (Lipinski definition) is 4. The second kappa shape index (κ2) is 7.32. The first-order valence-corrected chi connectivity index (χ1v) is 9.39. The van der Waals surface area contributed by atoms with Gasteiger partial charge < -0.3 is 10.8 Å². The molecule has 0 aliphatic carbocycles. The molecule has 0 saturated heterocycles. The first-order valence-electron chi connectivity index (χ1n) is 7.73. The minimum atomic E-state index is -0.785. The van der Waals surface area contributed by atoms with E-state index in [1.165, 1.54) is 17.0 Å². The summed E-state index contributed by atoms with van der Waals surface area (Å²) in [5, 5.41) is 25.3. The number of carbonyl (C=O) groups is 1. The number of phenols is 1. The highest BCUT2D eigenvalue weighted by Gasteiger charge is 2.23. The molecule has 0 spiro atoms. The predicted molar refractivity (Wildman–Crippen MR) is 104 cm³/mol. The van der Waals surface area contributed by atoms with Gasteiger partial charge in [-0.2, -0.15) is 0 Å². The Balaban J connectivity index is 2.04. The van der Waals surface area contributed by atoms with E-state index in [2.05, 4.69) is 10.8 Å².